The summed E-state index contributed by atoms with van der Waals surface area (Å²) >= 11 is 1.17. The lowest BCUT2D eigenvalue weighted by molar-refractivity contribution is -0.142. The molecule has 2 atom stereocenters. The summed E-state index contributed by atoms with van der Waals surface area (Å²) in [7, 11) is 0. The molecule has 6 nitrogen and oxygen atoms in total. The molecule has 0 saturated carbocycles. The van der Waals surface area contributed by atoms with E-state index < -0.39 is 12.0 Å². The molecule has 1 aliphatic rings. The van der Waals surface area contributed by atoms with Gasteiger partial charge in [0.05, 0.1) is 0 Å². The van der Waals surface area contributed by atoms with Crippen molar-refractivity contribution in [1.82, 2.24) is 9.88 Å². The Labute approximate surface area is 102 Å². The minimum atomic E-state index is -0.966. The third kappa shape index (κ3) is 2.10. The van der Waals surface area contributed by atoms with Gasteiger partial charge in [0, 0.05) is 11.9 Å². The zero-order valence-electron chi connectivity index (χ0n) is 9.29. The number of hydrogen-bond donors (Lipinski definition) is 2. The number of rotatable bonds is 2. The first kappa shape index (κ1) is 11.8. The molecule has 1 aliphatic heterocycles. The van der Waals surface area contributed by atoms with Crippen LogP contribution in [0.15, 0.2) is 5.38 Å². The average Bonchev–Trinajstić information content (AvgIpc) is 2.83. The SMILES string of the molecule is CC1CCN(C(=O)c2csc(N)n2)C1C(=O)O. The number of aliphatic carboxylic acids is 1. The second-order valence-corrected chi connectivity index (χ2v) is 5.01. The third-order valence-corrected chi connectivity index (χ3v) is 3.63. The summed E-state index contributed by atoms with van der Waals surface area (Å²) in [5.74, 6) is -1.35. The molecule has 0 bridgehead atoms. The highest BCUT2D eigenvalue weighted by atomic mass is 32.1. The number of likely N-dealkylation sites (tertiary alicyclic amines) is 1. The van der Waals surface area contributed by atoms with E-state index in [1.165, 1.54) is 16.2 Å². The van der Waals surface area contributed by atoms with E-state index in [-0.39, 0.29) is 17.5 Å². The molecule has 17 heavy (non-hydrogen) atoms. The second-order valence-electron chi connectivity index (χ2n) is 4.12. The van der Waals surface area contributed by atoms with Crippen molar-refractivity contribution in [3.8, 4) is 0 Å². The fourth-order valence-electron chi connectivity index (χ4n) is 2.08. The molecule has 1 saturated heterocycles. The second kappa shape index (κ2) is 4.33. The molecule has 1 aromatic rings. The molecule has 3 N–H and O–H groups in total. The Morgan fingerprint density at radius 2 is 2.35 bits per heavy atom. The fourth-order valence-corrected chi connectivity index (χ4v) is 2.62. The van der Waals surface area contributed by atoms with Gasteiger partial charge in [-0.1, -0.05) is 6.92 Å². The van der Waals surface area contributed by atoms with Crippen LogP contribution in [0.25, 0.3) is 0 Å². The highest BCUT2D eigenvalue weighted by Gasteiger charge is 2.40. The number of thiazole rings is 1. The Bertz CT molecular complexity index is 459. The van der Waals surface area contributed by atoms with E-state index in [1.807, 2.05) is 6.92 Å². The number of carbonyl (C=O) groups is 2. The number of nitrogen functional groups attached to an aromatic ring is 1. The lowest BCUT2D eigenvalue weighted by atomic mass is 10.0. The van der Waals surface area contributed by atoms with Crippen molar-refractivity contribution in [1.29, 1.82) is 0 Å². The Morgan fingerprint density at radius 3 is 2.88 bits per heavy atom. The number of carboxylic acid groups (broad SMARTS) is 1. The van der Waals surface area contributed by atoms with Crippen LogP contribution in [-0.4, -0.2) is 39.5 Å². The Kier molecular flexibility index (Phi) is 3.01. The molecule has 2 rings (SSSR count). The average molecular weight is 255 g/mol. The summed E-state index contributed by atoms with van der Waals surface area (Å²) in [5, 5.41) is 11.0. The minimum Gasteiger partial charge on any atom is -0.480 e. The standard InChI is InChI=1S/C10H13N3O3S/c1-5-2-3-13(7(5)9(15)16)8(14)6-4-17-10(11)12-6/h4-5,7H,2-3H2,1H3,(H2,11,12)(H,15,16). The minimum absolute atomic E-state index is 0.0348. The molecule has 2 heterocycles. The molecule has 0 aliphatic carbocycles. The van der Waals surface area contributed by atoms with Crippen LogP contribution in [-0.2, 0) is 4.79 Å². The number of anilines is 1. The van der Waals surface area contributed by atoms with E-state index in [0.717, 1.165) is 0 Å². The lowest BCUT2D eigenvalue weighted by Crippen LogP contribution is -2.42. The normalized spacial score (nSPS) is 23.9. The van der Waals surface area contributed by atoms with E-state index >= 15 is 0 Å². The Morgan fingerprint density at radius 1 is 1.65 bits per heavy atom. The zero-order valence-corrected chi connectivity index (χ0v) is 10.1. The van der Waals surface area contributed by atoms with Crippen LogP contribution in [0.4, 0.5) is 5.13 Å². The van der Waals surface area contributed by atoms with Gasteiger partial charge in [-0.15, -0.1) is 11.3 Å². The number of nitrogens with zero attached hydrogens (tertiary/aromatic N) is 2. The highest BCUT2D eigenvalue weighted by Crippen LogP contribution is 2.26. The summed E-state index contributed by atoms with van der Waals surface area (Å²) in [4.78, 5) is 28.4. The van der Waals surface area contributed by atoms with E-state index in [9.17, 15) is 9.59 Å². The van der Waals surface area contributed by atoms with Crippen LogP contribution in [0.2, 0.25) is 0 Å². The van der Waals surface area contributed by atoms with Crippen molar-refractivity contribution >= 4 is 28.3 Å². The van der Waals surface area contributed by atoms with E-state index in [4.69, 9.17) is 10.8 Å². The van der Waals surface area contributed by atoms with Crippen LogP contribution in [0.5, 0.6) is 0 Å². The van der Waals surface area contributed by atoms with Gasteiger partial charge in [-0.05, 0) is 12.3 Å². The topological polar surface area (TPSA) is 96.5 Å². The molecule has 7 heteroatoms. The molecule has 0 radical (unpaired) electrons. The van der Waals surface area contributed by atoms with Crippen LogP contribution in [0.3, 0.4) is 0 Å². The Balaban J connectivity index is 2.22. The summed E-state index contributed by atoms with van der Waals surface area (Å²) in [5.41, 5.74) is 5.69. The fraction of sp³-hybridized carbons (Fsp3) is 0.500. The molecule has 92 valence electrons. The van der Waals surface area contributed by atoms with Crippen molar-refractivity contribution in [3.05, 3.63) is 11.1 Å². The number of carboxylic acids is 1. The van der Waals surface area contributed by atoms with Crippen LogP contribution in [0.1, 0.15) is 23.8 Å². The summed E-state index contributed by atoms with van der Waals surface area (Å²) in [6.45, 7) is 2.29. The van der Waals surface area contributed by atoms with Gasteiger partial charge >= 0.3 is 5.97 Å². The maximum Gasteiger partial charge on any atom is 0.326 e. The van der Waals surface area contributed by atoms with Crippen molar-refractivity contribution in [3.63, 3.8) is 0 Å². The molecule has 0 aromatic carbocycles. The van der Waals surface area contributed by atoms with Gasteiger partial charge in [0.1, 0.15) is 11.7 Å². The van der Waals surface area contributed by atoms with Gasteiger partial charge < -0.3 is 15.7 Å². The van der Waals surface area contributed by atoms with Crippen molar-refractivity contribution < 1.29 is 14.7 Å². The first-order chi connectivity index (χ1) is 8.00. The summed E-state index contributed by atoms with van der Waals surface area (Å²) in [6, 6.07) is -0.759. The van der Waals surface area contributed by atoms with Crippen LogP contribution in [0, 0.1) is 5.92 Å². The highest BCUT2D eigenvalue weighted by molar-refractivity contribution is 7.13. The van der Waals surface area contributed by atoms with Gasteiger partial charge in [0.15, 0.2) is 5.13 Å². The predicted molar refractivity (Wildman–Crippen MR) is 62.8 cm³/mol. The third-order valence-electron chi connectivity index (χ3n) is 2.96. The predicted octanol–water partition coefficient (Wildman–Crippen LogP) is 0.660. The van der Waals surface area contributed by atoms with Gasteiger partial charge in [-0.3, -0.25) is 4.79 Å². The van der Waals surface area contributed by atoms with Crippen molar-refractivity contribution in [2.75, 3.05) is 12.3 Å². The number of aromatic nitrogens is 1. The van der Waals surface area contributed by atoms with Crippen LogP contribution < -0.4 is 5.73 Å². The monoisotopic (exact) mass is 255 g/mol. The maximum atomic E-state index is 12.1. The summed E-state index contributed by atoms with van der Waals surface area (Å²) in [6.07, 6.45) is 0.697. The molecule has 1 aromatic heterocycles. The zero-order chi connectivity index (χ0) is 12.6. The molecule has 1 fully saturated rings. The van der Waals surface area contributed by atoms with Gasteiger partial charge in [-0.2, -0.15) is 0 Å². The first-order valence-corrected chi connectivity index (χ1v) is 6.13. The van der Waals surface area contributed by atoms with E-state index in [2.05, 4.69) is 4.98 Å². The number of amides is 1. The van der Waals surface area contributed by atoms with E-state index in [1.54, 1.807) is 5.38 Å². The molecule has 1 amide bonds. The molecule has 0 spiro atoms. The van der Waals surface area contributed by atoms with E-state index in [0.29, 0.717) is 18.1 Å². The summed E-state index contributed by atoms with van der Waals surface area (Å²) < 4.78 is 0. The first-order valence-electron chi connectivity index (χ1n) is 5.25. The molecule has 2 unspecified atom stereocenters. The molecular formula is C10H13N3O3S. The van der Waals surface area contributed by atoms with Crippen molar-refractivity contribution in [2.24, 2.45) is 5.92 Å². The van der Waals surface area contributed by atoms with Crippen LogP contribution >= 0.6 is 11.3 Å². The number of nitrogens with two attached hydrogens (primary N) is 1. The van der Waals surface area contributed by atoms with Gasteiger partial charge in [0.2, 0.25) is 0 Å². The quantitative estimate of drug-likeness (QED) is 0.809. The largest absolute Gasteiger partial charge is 0.480 e. The Hall–Kier alpha value is -1.63. The van der Waals surface area contributed by atoms with Crippen molar-refractivity contribution in [2.45, 2.75) is 19.4 Å². The maximum absolute atomic E-state index is 12.1. The number of carbonyl (C=O) groups excluding carboxylic acids is 1. The van der Waals surface area contributed by atoms with Gasteiger partial charge in [0.25, 0.3) is 5.91 Å². The lowest BCUT2D eigenvalue weighted by Gasteiger charge is -2.22. The van der Waals surface area contributed by atoms with Gasteiger partial charge in [-0.25, -0.2) is 9.78 Å². The molecular weight excluding hydrogens is 242 g/mol. The number of hydrogen-bond acceptors (Lipinski definition) is 5. The smallest absolute Gasteiger partial charge is 0.326 e.